The molecular formula is C11H12NNa2O4P. The molecule has 3 atom stereocenters. The third kappa shape index (κ3) is 3.94. The van der Waals surface area contributed by atoms with Crippen LogP contribution in [0, 0.1) is 0 Å². The zero-order chi connectivity index (χ0) is 12.6. The molecule has 1 aliphatic rings. The number of hydrogen-bond donors (Lipinski definition) is 1. The number of nitrogens with two attached hydrogens (primary N) is 1. The number of rotatable bonds is 3. The van der Waals surface area contributed by atoms with E-state index in [2.05, 4.69) is 0 Å². The van der Waals surface area contributed by atoms with Gasteiger partial charge in [0.25, 0.3) is 0 Å². The van der Waals surface area contributed by atoms with E-state index in [1.54, 1.807) is 24.3 Å². The molecule has 2 N–H and O–H groups in total. The Hall–Kier alpha value is 0.840. The smallest absolute Gasteiger partial charge is 0.798 e. The molecular weight excluding hydrogens is 287 g/mol. The molecule has 0 amide bonds. The number of aliphatic carboxylic acids is 1. The number of hydrogen-bond acceptors (Lipinski definition) is 5. The maximum Gasteiger partial charge on any atom is 1.00 e. The summed E-state index contributed by atoms with van der Waals surface area (Å²) in [6.45, 7) is 0. The second-order valence-corrected chi connectivity index (χ2v) is 6.66. The van der Waals surface area contributed by atoms with Gasteiger partial charge in [-0.05, 0) is 17.5 Å². The average molecular weight is 299 g/mol. The maximum absolute atomic E-state index is 11.8. The van der Waals surface area contributed by atoms with E-state index in [4.69, 9.17) is 5.73 Å². The Morgan fingerprint density at radius 1 is 1.37 bits per heavy atom. The fraction of sp³-hybridized carbons (Fsp3) is 0.364. The summed E-state index contributed by atoms with van der Waals surface area (Å²) in [5.41, 5.74) is 5.49. The van der Waals surface area contributed by atoms with Crippen molar-refractivity contribution < 1.29 is 78.5 Å². The first-order chi connectivity index (χ1) is 7.97. The Labute approximate surface area is 156 Å². The van der Waals surface area contributed by atoms with Gasteiger partial charge in [-0.3, -0.25) is 0 Å². The van der Waals surface area contributed by atoms with Crippen molar-refractivity contribution in [2.75, 3.05) is 6.29 Å². The fourth-order valence-electron chi connectivity index (χ4n) is 2.36. The van der Waals surface area contributed by atoms with Crippen molar-refractivity contribution in [2.45, 2.75) is 18.0 Å². The molecule has 0 aromatic heterocycles. The van der Waals surface area contributed by atoms with Gasteiger partial charge in [0, 0.05) is 31.2 Å². The summed E-state index contributed by atoms with van der Waals surface area (Å²) >= 11 is 0. The van der Waals surface area contributed by atoms with Crippen molar-refractivity contribution in [3.63, 3.8) is 0 Å². The van der Waals surface area contributed by atoms with Gasteiger partial charge in [0.1, 0.15) is 0 Å². The fourth-order valence-corrected chi connectivity index (χ4v) is 3.84. The van der Waals surface area contributed by atoms with Gasteiger partial charge in [-0.2, -0.15) is 0 Å². The first-order valence-corrected chi connectivity index (χ1v) is 7.14. The molecule has 8 heteroatoms. The molecule has 3 unspecified atom stereocenters. The summed E-state index contributed by atoms with van der Waals surface area (Å²) < 4.78 is 11.8. The Balaban J connectivity index is 0.00000162. The average Bonchev–Trinajstić information content (AvgIpc) is 2.68. The van der Waals surface area contributed by atoms with E-state index in [1.165, 1.54) is 0 Å². The molecule has 1 aromatic carbocycles. The van der Waals surface area contributed by atoms with Gasteiger partial charge >= 0.3 is 59.1 Å². The SMILES string of the molecule is NCP(=O)([O-])C1Cc2ccccc2C1C(=O)[O-].[Na+].[Na+]. The minimum absolute atomic E-state index is 0. The van der Waals surface area contributed by atoms with E-state index in [-0.39, 0.29) is 65.5 Å². The van der Waals surface area contributed by atoms with Crippen LogP contribution in [0.5, 0.6) is 0 Å². The van der Waals surface area contributed by atoms with Gasteiger partial charge in [0.2, 0.25) is 0 Å². The van der Waals surface area contributed by atoms with E-state index in [1.807, 2.05) is 0 Å². The van der Waals surface area contributed by atoms with E-state index >= 15 is 0 Å². The molecule has 0 heterocycles. The zero-order valence-electron chi connectivity index (χ0n) is 11.0. The molecule has 0 saturated carbocycles. The van der Waals surface area contributed by atoms with E-state index in [9.17, 15) is 19.4 Å². The standard InChI is InChI=1S/C11H14NO4P.2Na/c12-6-17(15,16)9-5-7-3-1-2-4-8(7)10(9)11(13)14;;/h1-4,9-10H,5-6,12H2,(H,13,14)(H,15,16);;/q;2*+1/p-2. The number of carboxylic acid groups (broad SMARTS) is 1. The monoisotopic (exact) mass is 299 g/mol. The molecule has 0 saturated heterocycles. The quantitative estimate of drug-likeness (QED) is 0.441. The summed E-state index contributed by atoms with van der Waals surface area (Å²) in [7, 11) is -3.91. The summed E-state index contributed by atoms with van der Waals surface area (Å²) in [4.78, 5) is 22.9. The van der Waals surface area contributed by atoms with E-state index in [0.29, 0.717) is 5.56 Å². The Morgan fingerprint density at radius 2 is 1.95 bits per heavy atom. The summed E-state index contributed by atoms with van der Waals surface area (Å²) in [6.07, 6.45) is -0.317. The zero-order valence-corrected chi connectivity index (χ0v) is 15.9. The van der Waals surface area contributed by atoms with Gasteiger partial charge in [-0.1, -0.05) is 24.3 Å². The Morgan fingerprint density at radius 3 is 2.47 bits per heavy atom. The summed E-state index contributed by atoms with van der Waals surface area (Å²) in [6, 6.07) is 6.81. The van der Waals surface area contributed by atoms with Crippen LogP contribution in [0.25, 0.3) is 0 Å². The van der Waals surface area contributed by atoms with Crippen LogP contribution < -0.4 is 74.8 Å². The van der Waals surface area contributed by atoms with Crippen molar-refractivity contribution in [1.29, 1.82) is 0 Å². The summed E-state index contributed by atoms with van der Waals surface area (Å²) in [5.74, 6) is -2.46. The van der Waals surface area contributed by atoms with Crippen molar-refractivity contribution in [3.8, 4) is 0 Å². The Kier molecular flexibility index (Phi) is 8.08. The first kappa shape index (κ1) is 19.8. The predicted molar refractivity (Wildman–Crippen MR) is 58.3 cm³/mol. The van der Waals surface area contributed by atoms with E-state index < -0.39 is 31.2 Å². The topological polar surface area (TPSA) is 106 Å². The molecule has 0 aliphatic heterocycles. The van der Waals surface area contributed by atoms with Gasteiger partial charge in [-0.15, -0.1) is 0 Å². The van der Waals surface area contributed by atoms with Gasteiger partial charge in [0.15, 0.2) is 0 Å². The number of carboxylic acids is 1. The van der Waals surface area contributed by atoms with Crippen molar-refractivity contribution in [1.82, 2.24) is 0 Å². The molecule has 0 radical (unpaired) electrons. The van der Waals surface area contributed by atoms with Crippen LogP contribution in [-0.4, -0.2) is 17.9 Å². The van der Waals surface area contributed by atoms with E-state index in [0.717, 1.165) is 5.56 Å². The Bertz CT molecular complexity index is 511. The van der Waals surface area contributed by atoms with Crippen molar-refractivity contribution in [2.24, 2.45) is 5.73 Å². The molecule has 0 spiro atoms. The number of benzene rings is 1. The third-order valence-electron chi connectivity index (χ3n) is 3.22. The van der Waals surface area contributed by atoms with Gasteiger partial charge in [0.05, 0.1) is 0 Å². The maximum atomic E-state index is 11.8. The van der Waals surface area contributed by atoms with Crippen molar-refractivity contribution >= 4 is 13.3 Å². The molecule has 1 aliphatic carbocycles. The van der Waals surface area contributed by atoms with Crippen LogP contribution in [0.3, 0.4) is 0 Å². The predicted octanol–water partition coefficient (Wildman–Crippen LogP) is -6.99. The van der Waals surface area contributed by atoms with Gasteiger partial charge in [-0.25, -0.2) is 0 Å². The van der Waals surface area contributed by atoms with Crippen LogP contribution in [0.15, 0.2) is 24.3 Å². The molecule has 0 bridgehead atoms. The molecule has 0 fully saturated rings. The van der Waals surface area contributed by atoms with Crippen LogP contribution in [0.1, 0.15) is 17.0 Å². The molecule has 5 nitrogen and oxygen atoms in total. The normalized spacial score (nSPS) is 23.5. The second-order valence-electron chi connectivity index (χ2n) is 4.18. The molecule has 2 rings (SSSR count). The summed E-state index contributed by atoms with van der Waals surface area (Å²) in [5, 5.41) is 11.1. The number of fused-ring (bicyclic) bond motifs is 1. The van der Waals surface area contributed by atoms with Crippen LogP contribution in [0.2, 0.25) is 0 Å². The van der Waals surface area contributed by atoms with Crippen molar-refractivity contribution in [3.05, 3.63) is 35.4 Å². The molecule has 92 valence electrons. The van der Waals surface area contributed by atoms with Crippen LogP contribution in [-0.2, 0) is 15.8 Å². The first-order valence-electron chi connectivity index (χ1n) is 5.26. The second kappa shape index (κ2) is 7.74. The van der Waals surface area contributed by atoms with Crippen LogP contribution in [0.4, 0.5) is 0 Å². The number of carbonyl (C=O) groups is 1. The van der Waals surface area contributed by atoms with Crippen LogP contribution >= 0.6 is 7.37 Å². The minimum atomic E-state index is -3.91. The largest absolute Gasteiger partial charge is 1.00 e. The third-order valence-corrected chi connectivity index (χ3v) is 5.22. The number of carbonyl (C=O) groups excluding carboxylic acids is 1. The molecule has 1 aromatic rings. The van der Waals surface area contributed by atoms with Gasteiger partial charge < -0.3 is 25.1 Å². The minimum Gasteiger partial charge on any atom is -0.798 e. The molecule has 19 heavy (non-hydrogen) atoms.